The summed E-state index contributed by atoms with van der Waals surface area (Å²) in [5, 5.41) is 0. The maximum atomic E-state index is 10.7. The summed E-state index contributed by atoms with van der Waals surface area (Å²) >= 11 is 0. The Balaban J connectivity index is 2.32. The predicted octanol–water partition coefficient (Wildman–Crippen LogP) is 0.0735. The minimum Gasteiger partial charge on any atom is -0.500 e. The van der Waals surface area contributed by atoms with Gasteiger partial charge in [0.1, 0.15) is 6.61 Å². The van der Waals surface area contributed by atoms with Gasteiger partial charge in [-0.2, -0.15) is 0 Å². The van der Waals surface area contributed by atoms with Crippen LogP contribution in [0.3, 0.4) is 0 Å². The highest BCUT2D eigenvalue weighted by Crippen LogP contribution is 2.26. The van der Waals surface area contributed by atoms with Crippen LogP contribution in [0.1, 0.15) is 0 Å². The van der Waals surface area contributed by atoms with E-state index in [1.54, 1.807) is 0 Å². The van der Waals surface area contributed by atoms with Crippen LogP contribution in [0.4, 0.5) is 0 Å². The van der Waals surface area contributed by atoms with Crippen LogP contribution in [0.15, 0.2) is 11.8 Å². The molecule has 0 radical (unpaired) electrons. The van der Waals surface area contributed by atoms with E-state index in [1.807, 2.05) is 0 Å². The number of carbonyl (C=O) groups is 1. The lowest BCUT2D eigenvalue weighted by atomic mass is 10.1. The first-order valence-electron chi connectivity index (χ1n) is 2.87. The van der Waals surface area contributed by atoms with Crippen molar-refractivity contribution in [2.45, 2.75) is 0 Å². The third-order valence-electron chi connectivity index (χ3n) is 1.60. The first-order valence-corrected chi connectivity index (χ1v) is 2.87. The van der Waals surface area contributed by atoms with Crippen LogP contribution < -0.4 is 0 Å². The summed E-state index contributed by atoms with van der Waals surface area (Å²) in [5.74, 6) is 0.00926. The number of esters is 1. The zero-order chi connectivity index (χ0) is 6.27. The molecule has 3 nitrogen and oxygen atoms in total. The molecule has 3 heteroatoms. The van der Waals surface area contributed by atoms with E-state index >= 15 is 0 Å². The molecule has 2 heterocycles. The molecular weight excluding hydrogens is 120 g/mol. The molecule has 0 N–H and O–H groups in total. The van der Waals surface area contributed by atoms with Crippen LogP contribution in [-0.4, -0.2) is 19.2 Å². The highest BCUT2D eigenvalue weighted by Gasteiger charge is 2.34. The molecule has 2 rings (SSSR count). The molecule has 2 aliphatic rings. The molecule has 1 unspecified atom stereocenters. The standard InChI is InChI=1S/C6H6O3/c7-6-5-3-8-1-4(5)2-9-6/h3-4H,1-2H2. The zero-order valence-corrected chi connectivity index (χ0v) is 4.79. The SMILES string of the molecule is O=C1OCC2COC=C12. The topological polar surface area (TPSA) is 35.5 Å². The molecule has 0 aromatic heterocycles. The predicted molar refractivity (Wildman–Crippen MR) is 28.5 cm³/mol. The molecule has 1 atom stereocenters. The molecule has 0 aromatic carbocycles. The molecule has 1 fully saturated rings. The summed E-state index contributed by atoms with van der Waals surface area (Å²) in [5.41, 5.74) is 0.704. The van der Waals surface area contributed by atoms with E-state index in [0.717, 1.165) is 0 Å². The van der Waals surface area contributed by atoms with E-state index < -0.39 is 0 Å². The van der Waals surface area contributed by atoms with Gasteiger partial charge in [0.25, 0.3) is 0 Å². The second-order valence-electron chi connectivity index (χ2n) is 2.20. The Bertz CT molecular complexity index is 183. The van der Waals surface area contributed by atoms with Crippen molar-refractivity contribution in [3.63, 3.8) is 0 Å². The van der Waals surface area contributed by atoms with Crippen molar-refractivity contribution in [3.05, 3.63) is 11.8 Å². The van der Waals surface area contributed by atoms with Crippen molar-refractivity contribution in [3.8, 4) is 0 Å². The number of carbonyl (C=O) groups excluding carboxylic acids is 1. The number of cyclic esters (lactones) is 1. The third-order valence-corrected chi connectivity index (χ3v) is 1.60. The fraction of sp³-hybridized carbons (Fsp3) is 0.500. The fourth-order valence-electron chi connectivity index (χ4n) is 1.05. The summed E-state index contributed by atoms with van der Waals surface area (Å²) in [6, 6.07) is 0. The van der Waals surface area contributed by atoms with Gasteiger partial charge in [-0.3, -0.25) is 0 Å². The molecule has 0 aliphatic carbocycles. The van der Waals surface area contributed by atoms with Gasteiger partial charge in [-0.25, -0.2) is 4.79 Å². The first-order chi connectivity index (χ1) is 4.38. The van der Waals surface area contributed by atoms with Crippen molar-refractivity contribution in [2.75, 3.05) is 13.2 Å². The van der Waals surface area contributed by atoms with Crippen molar-refractivity contribution in [2.24, 2.45) is 5.92 Å². The minimum absolute atomic E-state index is 0.211. The molecular formula is C6H6O3. The molecule has 48 valence electrons. The van der Waals surface area contributed by atoms with Gasteiger partial charge in [-0.05, 0) is 0 Å². The van der Waals surface area contributed by atoms with Crippen molar-refractivity contribution >= 4 is 5.97 Å². The van der Waals surface area contributed by atoms with Gasteiger partial charge >= 0.3 is 5.97 Å². The van der Waals surface area contributed by atoms with Crippen LogP contribution in [0, 0.1) is 5.92 Å². The van der Waals surface area contributed by atoms with Crippen molar-refractivity contribution in [1.82, 2.24) is 0 Å². The monoisotopic (exact) mass is 126 g/mol. The van der Waals surface area contributed by atoms with Gasteiger partial charge in [-0.1, -0.05) is 0 Å². The van der Waals surface area contributed by atoms with Gasteiger partial charge in [0, 0.05) is 0 Å². The van der Waals surface area contributed by atoms with Gasteiger partial charge in [0.2, 0.25) is 0 Å². The molecule has 0 aromatic rings. The fourth-order valence-corrected chi connectivity index (χ4v) is 1.05. The third kappa shape index (κ3) is 0.542. The Morgan fingerprint density at radius 3 is 3.22 bits per heavy atom. The zero-order valence-electron chi connectivity index (χ0n) is 4.79. The van der Waals surface area contributed by atoms with E-state index in [0.29, 0.717) is 18.8 Å². The maximum absolute atomic E-state index is 10.7. The lowest BCUT2D eigenvalue weighted by molar-refractivity contribution is -0.135. The highest BCUT2D eigenvalue weighted by molar-refractivity contribution is 5.91. The van der Waals surface area contributed by atoms with Crippen LogP contribution in [0.25, 0.3) is 0 Å². The maximum Gasteiger partial charge on any atom is 0.337 e. The van der Waals surface area contributed by atoms with Crippen molar-refractivity contribution < 1.29 is 14.3 Å². The van der Waals surface area contributed by atoms with Gasteiger partial charge in [0.15, 0.2) is 0 Å². The van der Waals surface area contributed by atoms with E-state index in [2.05, 4.69) is 0 Å². The van der Waals surface area contributed by atoms with Gasteiger partial charge in [-0.15, -0.1) is 0 Å². The largest absolute Gasteiger partial charge is 0.500 e. The van der Waals surface area contributed by atoms with Gasteiger partial charge in [0.05, 0.1) is 24.4 Å². The van der Waals surface area contributed by atoms with E-state index in [4.69, 9.17) is 9.47 Å². The minimum atomic E-state index is -0.211. The molecule has 1 saturated heterocycles. The molecule has 2 aliphatic heterocycles. The molecule has 0 spiro atoms. The summed E-state index contributed by atoms with van der Waals surface area (Å²) < 4.78 is 9.65. The van der Waals surface area contributed by atoms with Crippen LogP contribution >= 0.6 is 0 Å². The smallest absolute Gasteiger partial charge is 0.337 e. The number of ether oxygens (including phenoxy) is 2. The van der Waals surface area contributed by atoms with Crippen LogP contribution in [0.2, 0.25) is 0 Å². The Kier molecular flexibility index (Phi) is 0.806. The number of hydrogen-bond donors (Lipinski definition) is 0. The highest BCUT2D eigenvalue weighted by atomic mass is 16.5. The first kappa shape index (κ1) is 4.85. The second-order valence-corrected chi connectivity index (χ2v) is 2.20. The summed E-state index contributed by atoms with van der Waals surface area (Å²) in [4.78, 5) is 10.7. The quantitative estimate of drug-likeness (QED) is 0.431. The molecule has 9 heavy (non-hydrogen) atoms. The van der Waals surface area contributed by atoms with E-state index in [1.165, 1.54) is 6.26 Å². The van der Waals surface area contributed by atoms with Crippen molar-refractivity contribution in [1.29, 1.82) is 0 Å². The average Bonchev–Trinajstić information content (AvgIpc) is 2.35. The van der Waals surface area contributed by atoms with Crippen LogP contribution in [-0.2, 0) is 14.3 Å². The Hall–Kier alpha value is -0.990. The van der Waals surface area contributed by atoms with E-state index in [9.17, 15) is 4.79 Å². The number of fused-ring (bicyclic) bond motifs is 1. The Morgan fingerprint density at radius 1 is 1.56 bits per heavy atom. The van der Waals surface area contributed by atoms with Gasteiger partial charge < -0.3 is 9.47 Å². The second kappa shape index (κ2) is 1.50. The number of hydrogen-bond acceptors (Lipinski definition) is 3. The lowest BCUT2D eigenvalue weighted by Gasteiger charge is -1.95. The van der Waals surface area contributed by atoms with Crippen LogP contribution in [0.5, 0.6) is 0 Å². The molecule has 0 saturated carbocycles. The molecule has 0 amide bonds. The lowest BCUT2D eigenvalue weighted by Crippen LogP contribution is -2.01. The molecule has 0 bridgehead atoms. The summed E-state index contributed by atoms with van der Waals surface area (Å²) in [7, 11) is 0. The summed E-state index contributed by atoms with van der Waals surface area (Å²) in [6.07, 6.45) is 1.50. The average molecular weight is 126 g/mol. The van der Waals surface area contributed by atoms with E-state index in [-0.39, 0.29) is 11.9 Å². The Labute approximate surface area is 52.3 Å². The summed E-state index contributed by atoms with van der Waals surface area (Å²) in [6.45, 7) is 1.12. The normalized spacial score (nSPS) is 30.9. The number of rotatable bonds is 0. The Morgan fingerprint density at radius 2 is 2.44 bits per heavy atom.